The summed E-state index contributed by atoms with van der Waals surface area (Å²) in [6.45, 7) is 0. The summed E-state index contributed by atoms with van der Waals surface area (Å²) in [5, 5.41) is 2.64. The molecule has 0 saturated heterocycles. The Kier molecular flexibility index (Phi) is 4.54. The third kappa shape index (κ3) is 3.32. The molecule has 1 aromatic carbocycles. The molecule has 2 rings (SSSR count). The molecule has 1 heterocycles. The van der Waals surface area contributed by atoms with Crippen LogP contribution < -0.4 is 5.32 Å². The number of nitrogens with one attached hydrogen (secondary N) is 1. The molecule has 0 aliphatic rings. The third-order valence-electron chi connectivity index (χ3n) is 2.25. The summed E-state index contributed by atoms with van der Waals surface area (Å²) in [6.07, 6.45) is 1.50. The van der Waals surface area contributed by atoms with E-state index in [1.165, 1.54) is 18.3 Å². The molecule has 1 aromatic heterocycles. The SMILES string of the molecule is O=C(Nc1cc(Br)cnc1Cl)c1cccc(Br)c1F. The lowest BCUT2D eigenvalue weighted by Crippen LogP contribution is -2.14. The van der Waals surface area contributed by atoms with Gasteiger partial charge in [-0.2, -0.15) is 0 Å². The summed E-state index contributed by atoms with van der Waals surface area (Å²) < 4.78 is 14.6. The van der Waals surface area contributed by atoms with Crippen molar-refractivity contribution in [2.24, 2.45) is 0 Å². The van der Waals surface area contributed by atoms with Crippen LogP contribution in [-0.2, 0) is 0 Å². The molecule has 7 heteroatoms. The van der Waals surface area contributed by atoms with Crippen molar-refractivity contribution >= 4 is 55.1 Å². The van der Waals surface area contributed by atoms with Crippen LogP contribution in [0.4, 0.5) is 10.1 Å². The predicted molar refractivity (Wildman–Crippen MR) is 79.0 cm³/mol. The molecule has 19 heavy (non-hydrogen) atoms. The fourth-order valence-electron chi connectivity index (χ4n) is 1.38. The molecule has 0 fully saturated rings. The predicted octanol–water partition coefficient (Wildman–Crippen LogP) is 4.65. The zero-order chi connectivity index (χ0) is 14.0. The van der Waals surface area contributed by atoms with Crippen LogP contribution in [-0.4, -0.2) is 10.9 Å². The molecule has 0 atom stereocenters. The first-order chi connectivity index (χ1) is 8.99. The maximum Gasteiger partial charge on any atom is 0.258 e. The van der Waals surface area contributed by atoms with E-state index in [-0.39, 0.29) is 15.2 Å². The van der Waals surface area contributed by atoms with Crippen LogP contribution in [0.1, 0.15) is 10.4 Å². The maximum absolute atomic E-state index is 13.8. The highest BCUT2D eigenvalue weighted by atomic mass is 79.9. The van der Waals surface area contributed by atoms with Gasteiger partial charge in [-0.15, -0.1) is 0 Å². The maximum atomic E-state index is 13.8. The van der Waals surface area contributed by atoms with Crippen LogP contribution in [0, 0.1) is 5.82 Å². The van der Waals surface area contributed by atoms with Crippen molar-refractivity contribution in [3.8, 4) is 0 Å². The average molecular weight is 408 g/mol. The molecule has 0 aliphatic carbocycles. The molecular weight excluding hydrogens is 402 g/mol. The molecule has 1 amide bonds. The smallest absolute Gasteiger partial charge is 0.258 e. The van der Waals surface area contributed by atoms with Gasteiger partial charge < -0.3 is 5.32 Å². The van der Waals surface area contributed by atoms with Gasteiger partial charge in [-0.1, -0.05) is 17.7 Å². The van der Waals surface area contributed by atoms with Crippen molar-refractivity contribution < 1.29 is 9.18 Å². The Labute approximate surface area is 130 Å². The lowest BCUT2D eigenvalue weighted by Gasteiger charge is -2.08. The highest BCUT2D eigenvalue weighted by Gasteiger charge is 2.15. The largest absolute Gasteiger partial charge is 0.319 e. The number of hydrogen-bond acceptors (Lipinski definition) is 2. The normalized spacial score (nSPS) is 10.3. The molecule has 0 bridgehead atoms. The molecule has 3 nitrogen and oxygen atoms in total. The standard InChI is InChI=1S/C12H6Br2ClFN2O/c13-6-4-9(11(15)17-5-6)18-12(19)7-2-1-3-8(14)10(7)16/h1-5H,(H,18,19). The van der Waals surface area contributed by atoms with E-state index in [0.717, 1.165) is 0 Å². The number of halogens is 4. The zero-order valence-corrected chi connectivity index (χ0v) is 13.2. The van der Waals surface area contributed by atoms with Crippen molar-refractivity contribution in [3.63, 3.8) is 0 Å². The zero-order valence-electron chi connectivity index (χ0n) is 9.25. The van der Waals surface area contributed by atoms with Crippen molar-refractivity contribution in [3.05, 3.63) is 55.9 Å². The summed E-state index contributed by atoms with van der Waals surface area (Å²) in [5.74, 6) is -1.22. The number of aromatic nitrogens is 1. The average Bonchev–Trinajstić information content (AvgIpc) is 2.37. The van der Waals surface area contributed by atoms with Crippen LogP contribution in [0.2, 0.25) is 5.15 Å². The fourth-order valence-corrected chi connectivity index (χ4v) is 2.23. The topological polar surface area (TPSA) is 42.0 Å². The van der Waals surface area contributed by atoms with Gasteiger partial charge in [0.15, 0.2) is 5.15 Å². The third-order valence-corrected chi connectivity index (χ3v) is 3.60. The number of carbonyl (C=O) groups is 1. The minimum Gasteiger partial charge on any atom is -0.319 e. The van der Waals surface area contributed by atoms with E-state index in [9.17, 15) is 9.18 Å². The second kappa shape index (κ2) is 5.98. The summed E-state index contributed by atoms with van der Waals surface area (Å²) in [7, 11) is 0. The Bertz CT molecular complexity index is 652. The summed E-state index contributed by atoms with van der Waals surface area (Å²) in [5.41, 5.74) is 0.228. The molecule has 98 valence electrons. The van der Waals surface area contributed by atoms with Crippen LogP contribution in [0.3, 0.4) is 0 Å². The van der Waals surface area contributed by atoms with Gasteiger partial charge in [0, 0.05) is 10.7 Å². The molecule has 2 aromatic rings. The highest BCUT2D eigenvalue weighted by molar-refractivity contribution is 9.10. The number of amides is 1. The van der Waals surface area contributed by atoms with Crippen LogP contribution in [0.25, 0.3) is 0 Å². The Balaban J connectivity index is 2.31. The Morgan fingerprint density at radius 2 is 2.11 bits per heavy atom. The Morgan fingerprint density at radius 3 is 2.84 bits per heavy atom. The number of benzene rings is 1. The second-order valence-corrected chi connectivity index (χ2v) is 5.68. The van der Waals surface area contributed by atoms with E-state index < -0.39 is 11.7 Å². The molecule has 0 spiro atoms. The van der Waals surface area contributed by atoms with E-state index in [0.29, 0.717) is 10.2 Å². The Hall–Kier alpha value is -0.980. The lowest BCUT2D eigenvalue weighted by atomic mass is 10.2. The first-order valence-corrected chi connectivity index (χ1v) is 7.02. The van der Waals surface area contributed by atoms with E-state index in [2.05, 4.69) is 42.2 Å². The second-order valence-electron chi connectivity index (χ2n) is 3.55. The van der Waals surface area contributed by atoms with Gasteiger partial charge >= 0.3 is 0 Å². The quantitative estimate of drug-likeness (QED) is 0.735. The van der Waals surface area contributed by atoms with Gasteiger partial charge in [0.1, 0.15) is 5.82 Å². The van der Waals surface area contributed by atoms with Crippen LogP contribution >= 0.6 is 43.5 Å². The van der Waals surface area contributed by atoms with Gasteiger partial charge in [0.2, 0.25) is 0 Å². The van der Waals surface area contributed by atoms with E-state index in [1.54, 1.807) is 12.1 Å². The summed E-state index contributed by atoms with van der Waals surface area (Å²) >= 11 is 12.1. The highest BCUT2D eigenvalue weighted by Crippen LogP contribution is 2.25. The molecule has 0 aliphatic heterocycles. The van der Waals surface area contributed by atoms with Crippen molar-refractivity contribution in [2.45, 2.75) is 0 Å². The van der Waals surface area contributed by atoms with Gasteiger partial charge in [-0.05, 0) is 50.1 Å². The Morgan fingerprint density at radius 1 is 1.37 bits per heavy atom. The lowest BCUT2D eigenvalue weighted by molar-refractivity contribution is 0.102. The number of hydrogen-bond donors (Lipinski definition) is 1. The van der Waals surface area contributed by atoms with E-state index in [1.807, 2.05) is 0 Å². The summed E-state index contributed by atoms with van der Waals surface area (Å²) in [4.78, 5) is 15.8. The fraction of sp³-hybridized carbons (Fsp3) is 0. The van der Waals surface area contributed by atoms with E-state index in [4.69, 9.17) is 11.6 Å². The van der Waals surface area contributed by atoms with Crippen molar-refractivity contribution in [2.75, 3.05) is 5.32 Å². The van der Waals surface area contributed by atoms with Crippen LogP contribution in [0.5, 0.6) is 0 Å². The minimum absolute atomic E-state index is 0.0783. The van der Waals surface area contributed by atoms with Gasteiger partial charge in [0.25, 0.3) is 5.91 Å². The van der Waals surface area contributed by atoms with Gasteiger partial charge in [-0.3, -0.25) is 4.79 Å². The molecule has 0 radical (unpaired) electrons. The van der Waals surface area contributed by atoms with E-state index >= 15 is 0 Å². The first kappa shape index (κ1) is 14.4. The summed E-state index contributed by atoms with van der Waals surface area (Å²) in [6, 6.07) is 6.06. The molecule has 1 N–H and O–H groups in total. The van der Waals surface area contributed by atoms with Crippen molar-refractivity contribution in [1.82, 2.24) is 4.98 Å². The molecular formula is C12H6Br2ClFN2O. The number of pyridine rings is 1. The molecule has 0 saturated carbocycles. The van der Waals surface area contributed by atoms with Crippen LogP contribution in [0.15, 0.2) is 39.4 Å². The first-order valence-electron chi connectivity index (χ1n) is 5.05. The number of anilines is 1. The number of carbonyl (C=O) groups excluding carboxylic acids is 1. The van der Waals surface area contributed by atoms with Crippen molar-refractivity contribution in [1.29, 1.82) is 0 Å². The number of nitrogens with zero attached hydrogens (tertiary/aromatic N) is 1. The van der Waals surface area contributed by atoms with Gasteiger partial charge in [-0.25, -0.2) is 9.37 Å². The monoisotopic (exact) mass is 406 g/mol. The minimum atomic E-state index is -0.626. The number of rotatable bonds is 2. The molecule has 0 unspecified atom stereocenters. The van der Waals surface area contributed by atoms with Gasteiger partial charge in [0.05, 0.1) is 15.7 Å².